The summed E-state index contributed by atoms with van der Waals surface area (Å²) in [5, 5.41) is 16.5. The van der Waals surface area contributed by atoms with E-state index in [1.54, 1.807) is 0 Å². The van der Waals surface area contributed by atoms with Gasteiger partial charge >= 0.3 is 0 Å². The molecule has 1 aromatic rings. The van der Waals surface area contributed by atoms with E-state index < -0.39 is 6.10 Å². The van der Waals surface area contributed by atoms with Gasteiger partial charge in [-0.2, -0.15) is 0 Å². The molecular formula is C17H24N2O2. The third kappa shape index (κ3) is 3.05. The van der Waals surface area contributed by atoms with Gasteiger partial charge in [0.2, 0.25) is 5.91 Å². The fourth-order valence-electron chi connectivity index (χ4n) is 3.55. The van der Waals surface area contributed by atoms with Crippen LogP contribution in [-0.4, -0.2) is 29.2 Å². The van der Waals surface area contributed by atoms with E-state index in [0.717, 1.165) is 43.4 Å². The number of anilines is 1. The number of nitrogens with one attached hydrogen (secondary N) is 2. The van der Waals surface area contributed by atoms with Gasteiger partial charge in [-0.15, -0.1) is 0 Å². The minimum atomic E-state index is -0.392. The number of para-hydroxylation sites is 1. The van der Waals surface area contributed by atoms with E-state index in [4.69, 9.17) is 0 Å². The van der Waals surface area contributed by atoms with Gasteiger partial charge in [-0.05, 0) is 37.8 Å². The molecule has 4 unspecified atom stereocenters. The Balaban J connectivity index is 1.75. The van der Waals surface area contributed by atoms with E-state index in [0.29, 0.717) is 0 Å². The summed E-state index contributed by atoms with van der Waals surface area (Å²) in [5.74, 6) is -0.0617. The zero-order valence-corrected chi connectivity index (χ0v) is 12.5. The summed E-state index contributed by atoms with van der Waals surface area (Å²) < 4.78 is 0. The first-order valence-corrected chi connectivity index (χ1v) is 7.99. The van der Waals surface area contributed by atoms with Gasteiger partial charge in [0.15, 0.2) is 0 Å². The highest BCUT2D eigenvalue weighted by molar-refractivity contribution is 5.86. The summed E-state index contributed by atoms with van der Waals surface area (Å²) in [7, 11) is 0. The Bertz CT molecular complexity index is 517. The Hall–Kier alpha value is -1.55. The van der Waals surface area contributed by atoms with Crippen LogP contribution in [0.1, 0.15) is 50.5 Å². The number of fused-ring (bicyclic) bond motifs is 1. The van der Waals surface area contributed by atoms with Crippen LogP contribution in [0.15, 0.2) is 24.3 Å². The highest BCUT2D eigenvalue weighted by Crippen LogP contribution is 2.34. The largest absolute Gasteiger partial charge is 0.391 e. The first kappa shape index (κ1) is 14.4. The lowest BCUT2D eigenvalue weighted by atomic mass is 9.85. The van der Waals surface area contributed by atoms with Crippen LogP contribution < -0.4 is 10.6 Å². The summed E-state index contributed by atoms with van der Waals surface area (Å²) in [5.41, 5.74) is 2.12. The summed E-state index contributed by atoms with van der Waals surface area (Å²) in [6, 6.07) is 8.22. The lowest BCUT2D eigenvalue weighted by Gasteiger charge is -2.34. The van der Waals surface area contributed by atoms with Gasteiger partial charge < -0.3 is 15.7 Å². The van der Waals surface area contributed by atoms with Gasteiger partial charge in [0.05, 0.1) is 18.1 Å². The minimum absolute atomic E-state index is 0.0572. The molecule has 1 heterocycles. The first-order chi connectivity index (χ1) is 10.1. The Labute approximate surface area is 125 Å². The summed E-state index contributed by atoms with van der Waals surface area (Å²) >= 11 is 0. The van der Waals surface area contributed by atoms with Crippen molar-refractivity contribution in [1.82, 2.24) is 5.32 Å². The molecule has 1 aromatic carbocycles. The molecule has 4 nitrogen and oxygen atoms in total. The number of aliphatic hydroxyl groups excluding tert-OH is 1. The van der Waals surface area contributed by atoms with E-state index in [1.807, 2.05) is 24.3 Å². The number of carbonyl (C=O) groups excluding carboxylic acids is 1. The van der Waals surface area contributed by atoms with Crippen LogP contribution in [0, 0.1) is 0 Å². The second kappa shape index (κ2) is 6.06. The molecule has 3 rings (SSSR count). The molecular weight excluding hydrogens is 264 g/mol. The molecule has 114 valence electrons. The zero-order valence-electron chi connectivity index (χ0n) is 12.5. The maximum Gasteiger partial charge on any atom is 0.228 e. The Morgan fingerprint density at radius 3 is 2.86 bits per heavy atom. The van der Waals surface area contributed by atoms with Crippen molar-refractivity contribution in [3.05, 3.63) is 29.8 Å². The average Bonchev–Trinajstić information content (AvgIpc) is 2.48. The maximum absolute atomic E-state index is 12.7. The Kier molecular flexibility index (Phi) is 4.15. The summed E-state index contributed by atoms with van der Waals surface area (Å²) in [6.07, 6.45) is 4.23. The molecule has 1 aliphatic heterocycles. The number of carbonyl (C=O) groups is 1. The van der Waals surface area contributed by atoms with Crippen LogP contribution in [0.2, 0.25) is 0 Å². The number of aliphatic hydroxyl groups is 1. The summed E-state index contributed by atoms with van der Waals surface area (Å²) in [4.78, 5) is 12.7. The van der Waals surface area contributed by atoms with Crippen LogP contribution in [0.5, 0.6) is 0 Å². The first-order valence-electron chi connectivity index (χ1n) is 7.99. The molecule has 4 heteroatoms. The SMILES string of the molecule is CC1CC(C(=O)NC2CCCCC2O)c2ccccc2N1. The molecule has 0 saturated heterocycles. The van der Waals surface area contributed by atoms with E-state index in [9.17, 15) is 9.90 Å². The zero-order chi connectivity index (χ0) is 14.8. The fraction of sp³-hybridized carbons (Fsp3) is 0.588. The van der Waals surface area contributed by atoms with Crippen molar-refractivity contribution in [1.29, 1.82) is 0 Å². The third-order valence-electron chi connectivity index (χ3n) is 4.70. The Morgan fingerprint density at radius 2 is 2.05 bits per heavy atom. The molecule has 4 atom stereocenters. The van der Waals surface area contributed by atoms with Crippen molar-refractivity contribution in [2.45, 2.75) is 63.1 Å². The van der Waals surface area contributed by atoms with Crippen LogP contribution in [0.4, 0.5) is 5.69 Å². The predicted molar refractivity (Wildman–Crippen MR) is 83.3 cm³/mol. The molecule has 1 aliphatic carbocycles. The molecule has 1 fully saturated rings. The van der Waals surface area contributed by atoms with Gasteiger partial charge in [0.1, 0.15) is 0 Å². The number of amides is 1. The highest BCUT2D eigenvalue weighted by atomic mass is 16.3. The van der Waals surface area contributed by atoms with Crippen molar-refractivity contribution in [3.63, 3.8) is 0 Å². The van der Waals surface area contributed by atoms with E-state index in [-0.39, 0.29) is 23.9 Å². The predicted octanol–water partition coefficient (Wildman–Crippen LogP) is 2.39. The summed E-state index contributed by atoms with van der Waals surface area (Å²) in [6.45, 7) is 2.10. The number of hydrogen-bond donors (Lipinski definition) is 3. The van der Waals surface area contributed by atoms with E-state index >= 15 is 0 Å². The minimum Gasteiger partial charge on any atom is -0.391 e. The van der Waals surface area contributed by atoms with E-state index in [2.05, 4.69) is 17.6 Å². The van der Waals surface area contributed by atoms with Crippen molar-refractivity contribution >= 4 is 11.6 Å². The lowest BCUT2D eigenvalue weighted by Crippen LogP contribution is -2.47. The Morgan fingerprint density at radius 1 is 1.29 bits per heavy atom. The molecule has 0 aromatic heterocycles. The molecule has 1 saturated carbocycles. The highest BCUT2D eigenvalue weighted by Gasteiger charge is 2.32. The van der Waals surface area contributed by atoms with Crippen LogP contribution in [-0.2, 0) is 4.79 Å². The second-order valence-electron chi connectivity index (χ2n) is 6.39. The van der Waals surface area contributed by atoms with Crippen molar-refractivity contribution in [2.24, 2.45) is 0 Å². The van der Waals surface area contributed by atoms with Gasteiger partial charge in [-0.25, -0.2) is 0 Å². The lowest BCUT2D eigenvalue weighted by molar-refractivity contribution is -0.124. The number of hydrogen-bond acceptors (Lipinski definition) is 3. The maximum atomic E-state index is 12.7. The normalized spacial score (nSPS) is 31.9. The van der Waals surface area contributed by atoms with Gasteiger partial charge in [0, 0.05) is 11.7 Å². The molecule has 0 bridgehead atoms. The van der Waals surface area contributed by atoms with Gasteiger partial charge in [-0.3, -0.25) is 4.79 Å². The van der Waals surface area contributed by atoms with Crippen LogP contribution >= 0.6 is 0 Å². The topological polar surface area (TPSA) is 61.4 Å². The molecule has 3 N–H and O–H groups in total. The van der Waals surface area contributed by atoms with Crippen LogP contribution in [0.25, 0.3) is 0 Å². The standard InChI is InChI=1S/C17H24N2O2/c1-11-10-13(12-6-2-3-7-14(12)18-11)17(21)19-15-8-4-5-9-16(15)20/h2-3,6-7,11,13,15-16,18,20H,4-5,8-10H2,1H3,(H,19,21). The number of benzene rings is 1. The monoisotopic (exact) mass is 288 g/mol. The van der Waals surface area contributed by atoms with Crippen molar-refractivity contribution < 1.29 is 9.90 Å². The van der Waals surface area contributed by atoms with Crippen molar-refractivity contribution in [3.8, 4) is 0 Å². The van der Waals surface area contributed by atoms with Crippen molar-refractivity contribution in [2.75, 3.05) is 5.32 Å². The second-order valence-corrected chi connectivity index (χ2v) is 6.39. The number of rotatable bonds is 2. The molecule has 0 radical (unpaired) electrons. The van der Waals surface area contributed by atoms with Gasteiger partial charge in [0.25, 0.3) is 0 Å². The average molecular weight is 288 g/mol. The molecule has 21 heavy (non-hydrogen) atoms. The smallest absolute Gasteiger partial charge is 0.228 e. The van der Waals surface area contributed by atoms with Gasteiger partial charge in [-0.1, -0.05) is 31.0 Å². The molecule has 1 amide bonds. The van der Waals surface area contributed by atoms with Crippen LogP contribution in [0.3, 0.4) is 0 Å². The fourth-order valence-corrected chi connectivity index (χ4v) is 3.55. The molecule has 2 aliphatic rings. The molecule has 0 spiro atoms. The third-order valence-corrected chi connectivity index (χ3v) is 4.70. The quantitative estimate of drug-likeness (QED) is 0.783. The van der Waals surface area contributed by atoms with E-state index in [1.165, 1.54) is 0 Å².